The van der Waals surface area contributed by atoms with E-state index in [0.717, 1.165) is 0 Å². The van der Waals surface area contributed by atoms with E-state index in [1.165, 1.54) is 41.0 Å². The molecule has 0 fully saturated rings. The number of carboxylic acids is 1. The Morgan fingerprint density at radius 3 is 2.64 bits per heavy atom. The third kappa shape index (κ3) is 3.13. The fourth-order valence-electron chi connectivity index (χ4n) is 1.97. The van der Waals surface area contributed by atoms with Crippen LogP contribution in [0, 0.1) is 12.7 Å². The number of aryl methyl sites for hydroxylation is 1. The highest BCUT2D eigenvalue weighted by atomic mass is 19.1. The maximum Gasteiger partial charge on any atom is 0.336 e. The summed E-state index contributed by atoms with van der Waals surface area (Å²) in [6.45, 7) is 1.54. The molecule has 7 heteroatoms. The third-order valence-electron chi connectivity index (χ3n) is 3.27. The van der Waals surface area contributed by atoms with E-state index < -0.39 is 11.8 Å². The highest BCUT2D eigenvalue weighted by molar-refractivity contribution is 5.96. The van der Waals surface area contributed by atoms with E-state index >= 15 is 0 Å². The fraction of sp³-hybridized carbons (Fsp3) is 0.267. The number of aromatic carboxylic acids is 1. The van der Waals surface area contributed by atoms with Crippen molar-refractivity contribution in [2.24, 2.45) is 0 Å². The molecule has 0 unspecified atom stereocenters. The summed E-state index contributed by atoms with van der Waals surface area (Å²) in [5.74, 6) is -1.78. The second-order valence-electron chi connectivity index (χ2n) is 5.17. The zero-order valence-electron chi connectivity index (χ0n) is 12.5. The van der Waals surface area contributed by atoms with E-state index in [4.69, 9.17) is 0 Å². The minimum absolute atomic E-state index is 0.00242. The molecule has 1 N–H and O–H groups in total. The monoisotopic (exact) mass is 305 g/mol. The number of halogens is 1. The van der Waals surface area contributed by atoms with Crippen molar-refractivity contribution in [2.75, 3.05) is 14.1 Å². The van der Waals surface area contributed by atoms with Crippen LogP contribution in [0.5, 0.6) is 0 Å². The molecule has 0 aliphatic carbocycles. The van der Waals surface area contributed by atoms with Crippen molar-refractivity contribution in [2.45, 2.75) is 13.5 Å². The molecular weight excluding hydrogens is 289 g/mol. The van der Waals surface area contributed by atoms with E-state index in [1.54, 1.807) is 14.1 Å². The number of likely N-dealkylation sites (N-methyl/N-ethyl adjacent to an activating group) is 1. The Hall–Kier alpha value is -2.70. The molecule has 0 saturated heterocycles. The molecule has 0 spiro atoms. The molecule has 0 atom stereocenters. The fourth-order valence-corrected chi connectivity index (χ4v) is 1.97. The molecule has 6 nitrogen and oxygen atoms in total. The number of benzene rings is 1. The van der Waals surface area contributed by atoms with E-state index in [2.05, 4.69) is 5.10 Å². The summed E-state index contributed by atoms with van der Waals surface area (Å²) in [6.07, 6.45) is 2.94. The minimum Gasteiger partial charge on any atom is -0.478 e. The van der Waals surface area contributed by atoms with E-state index in [-0.39, 0.29) is 29.1 Å². The lowest BCUT2D eigenvalue weighted by molar-refractivity contribution is -0.129. The summed E-state index contributed by atoms with van der Waals surface area (Å²) >= 11 is 0. The number of carbonyl (C=O) groups excluding carboxylic acids is 1. The van der Waals surface area contributed by atoms with Crippen LogP contribution < -0.4 is 0 Å². The van der Waals surface area contributed by atoms with Crippen LogP contribution in [0.1, 0.15) is 15.9 Å². The van der Waals surface area contributed by atoms with Crippen LogP contribution in [0.25, 0.3) is 11.1 Å². The zero-order chi connectivity index (χ0) is 16.4. The number of hydrogen-bond acceptors (Lipinski definition) is 3. The van der Waals surface area contributed by atoms with Gasteiger partial charge in [-0.1, -0.05) is 0 Å². The van der Waals surface area contributed by atoms with Gasteiger partial charge < -0.3 is 10.0 Å². The first-order valence-electron chi connectivity index (χ1n) is 6.56. The summed E-state index contributed by atoms with van der Waals surface area (Å²) in [7, 11) is 3.26. The molecule has 2 rings (SSSR count). The Labute approximate surface area is 126 Å². The SMILES string of the molecule is Cc1cc(C(=O)O)c(-c2cnn(CC(=O)N(C)C)c2)cc1F. The zero-order valence-corrected chi connectivity index (χ0v) is 12.5. The van der Waals surface area contributed by atoms with Gasteiger partial charge in [0.05, 0.1) is 11.8 Å². The molecule has 0 saturated carbocycles. The molecular formula is C15H16FN3O3. The van der Waals surface area contributed by atoms with Crippen LogP contribution in [0.15, 0.2) is 24.5 Å². The molecule has 1 aromatic heterocycles. The van der Waals surface area contributed by atoms with E-state index in [1.807, 2.05) is 0 Å². The predicted octanol–water partition coefficient (Wildman–Crippen LogP) is 1.78. The third-order valence-corrected chi connectivity index (χ3v) is 3.27. The van der Waals surface area contributed by atoms with Gasteiger partial charge >= 0.3 is 5.97 Å². The first-order valence-corrected chi connectivity index (χ1v) is 6.56. The predicted molar refractivity (Wildman–Crippen MR) is 78.0 cm³/mol. The van der Waals surface area contributed by atoms with Crippen molar-refractivity contribution < 1.29 is 19.1 Å². The number of hydrogen-bond donors (Lipinski definition) is 1. The lowest BCUT2D eigenvalue weighted by Gasteiger charge is -2.09. The van der Waals surface area contributed by atoms with Gasteiger partial charge in [-0.2, -0.15) is 5.10 Å². The maximum atomic E-state index is 13.8. The van der Waals surface area contributed by atoms with E-state index in [0.29, 0.717) is 5.56 Å². The van der Waals surface area contributed by atoms with Gasteiger partial charge in [0.1, 0.15) is 12.4 Å². The summed E-state index contributed by atoms with van der Waals surface area (Å²) in [5.41, 5.74) is 0.940. The lowest BCUT2D eigenvalue weighted by Crippen LogP contribution is -2.26. The number of nitrogens with zero attached hydrogens (tertiary/aromatic N) is 3. The number of amides is 1. The number of carbonyl (C=O) groups is 2. The number of aromatic nitrogens is 2. The molecule has 1 heterocycles. The molecule has 1 aromatic carbocycles. The minimum atomic E-state index is -1.14. The maximum absolute atomic E-state index is 13.8. The Bertz CT molecular complexity index is 738. The van der Waals surface area contributed by atoms with Crippen LogP contribution in [0.2, 0.25) is 0 Å². The second-order valence-corrected chi connectivity index (χ2v) is 5.17. The Morgan fingerprint density at radius 2 is 2.05 bits per heavy atom. The normalized spacial score (nSPS) is 10.5. The summed E-state index contributed by atoms with van der Waals surface area (Å²) in [5, 5.41) is 13.3. The Kier molecular flexibility index (Phi) is 4.25. The van der Waals surface area contributed by atoms with Gasteiger partial charge in [0.25, 0.3) is 0 Å². The average Bonchev–Trinajstić information content (AvgIpc) is 2.89. The second kappa shape index (κ2) is 5.97. The Balaban J connectivity index is 2.41. The molecule has 2 aromatic rings. The molecule has 0 aliphatic heterocycles. The van der Waals surface area contributed by atoms with Crippen LogP contribution >= 0.6 is 0 Å². The highest BCUT2D eigenvalue weighted by Crippen LogP contribution is 2.26. The van der Waals surface area contributed by atoms with Gasteiger partial charge in [0, 0.05) is 31.4 Å². The van der Waals surface area contributed by atoms with Crippen LogP contribution in [0.4, 0.5) is 4.39 Å². The first-order chi connectivity index (χ1) is 10.3. The van der Waals surface area contributed by atoms with Crippen molar-refractivity contribution >= 4 is 11.9 Å². The van der Waals surface area contributed by atoms with Gasteiger partial charge in [-0.25, -0.2) is 9.18 Å². The summed E-state index contributed by atoms with van der Waals surface area (Å²) in [4.78, 5) is 24.4. The number of carboxylic acid groups (broad SMARTS) is 1. The van der Waals surface area contributed by atoms with Crippen molar-refractivity contribution in [3.8, 4) is 11.1 Å². The van der Waals surface area contributed by atoms with Gasteiger partial charge in [0.2, 0.25) is 5.91 Å². The quantitative estimate of drug-likeness (QED) is 0.934. The molecule has 0 radical (unpaired) electrons. The standard InChI is InChI=1S/C15H16FN3O3/c1-9-4-12(15(21)22)11(5-13(9)16)10-6-17-19(7-10)8-14(20)18(2)3/h4-7H,8H2,1-3H3,(H,21,22). The molecule has 1 amide bonds. The van der Waals surface area contributed by atoms with Crippen molar-refractivity contribution in [3.05, 3.63) is 41.5 Å². The van der Waals surface area contributed by atoms with Gasteiger partial charge in [0.15, 0.2) is 0 Å². The summed E-state index contributed by atoms with van der Waals surface area (Å²) < 4.78 is 15.1. The van der Waals surface area contributed by atoms with Crippen molar-refractivity contribution in [1.82, 2.24) is 14.7 Å². The largest absolute Gasteiger partial charge is 0.478 e. The summed E-state index contributed by atoms with van der Waals surface area (Å²) in [6, 6.07) is 2.46. The topological polar surface area (TPSA) is 75.4 Å². The molecule has 22 heavy (non-hydrogen) atoms. The molecule has 0 bridgehead atoms. The van der Waals surface area contributed by atoms with Crippen LogP contribution in [-0.2, 0) is 11.3 Å². The lowest BCUT2D eigenvalue weighted by atomic mass is 10.00. The van der Waals surface area contributed by atoms with Gasteiger partial charge in [-0.3, -0.25) is 9.48 Å². The average molecular weight is 305 g/mol. The van der Waals surface area contributed by atoms with E-state index in [9.17, 15) is 19.1 Å². The highest BCUT2D eigenvalue weighted by Gasteiger charge is 2.16. The van der Waals surface area contributed by atoms with Crippen molar-refractivity contribution in [3.63, 3.8) is 0 Å². The molecule has 0 aliphatic rings. The Morgan fingerprint density at radius 1 is 1.36 bits per heavy atom. The van der Waals surface area contributed by atoms with Crippen molar-refractivity contribution in [1.29, 1.82) is 0 Å². The van der Waals surface area contributed by atoms with Gasteiger partial charge in [-0.15, -0.1) is 0 Å². The van der Waals surface area contributed by atoms with Gasteiger partial charge in [-0.05, 0) is 24.6 Å². The van der Waals surface area contributed by atoms with Crippen LogP contribution in [-0.4, -0.2) is 45.8 Å². The van der Waals surface area contributed by atoms with Crippen LogP contribution in [0.3, 0.4) is 0 Å². The first kappa shape index (κ1) is 15.7. The molecule has 116 valence electrons. The number of rotatable bonds is 4. The smallest absolute Gasteiger partial charge is 0.336 e.